The highest BCUT2D eigenvalue weighted by molar-refractivity contribution is 9.10. The van der Waals surface area contributed by atoms with Crippen LogP contribution in [0.1, 0.15) is 6.42 Å². The summed E-state index contributed by atoms with van der Waals surface area (Å²) in [6.07, 6.45) is 1.85. The average molecular weight is 421 g/mol. The minimum atomic E-state index is -3.48. The lowest BCUT2D eigenvalue weighted by molar-refractivity contribution is -0.115. The van der Waals surface area contributed by atoms with E-state index >= 15 is 0 Å². The fourth-order valence-electron chi connectivity index (χ4n) is 2.57. The highest BCUT2D eigenvalue weighted by atomic mass is 79.9. The molecule has 2 aromatic carbocycles. The summed E-state index contributed by atoms with van der Waals surface area (Å²) >= 11 is 3.27. The first kappa shape index (κ1) is 17.7. The third kappa shape index (κ3) is 4.11. The van der Waals surface area contributed by atoms with Crippen LogP contribution in [0.4, 0.5) is 5.69 Å². The van der Waals surface area contributed by atoms with Gasteiger partial charge in [0.2, 0.25) is 5.91 Å². The maximum absolute atomic E-state index is 12.3. The zero-order chi connectivity index (χ0) is 18.0. The van der Waals surface area contributed by atoms with Crippen LogP contribution in [0.5, 0.6) is 0 Å². The van der Waals surface area contributed by atoms with E-state index in [2.05, 4.69) is 21.2 Å². The molecule has 1 heterocycles. The number of amides is 1. The van der Waals surface area contributed by atoms with E-state index in [-0.39, 0.29) is 23.0 Å². The van der Waals surface area contributed by atoms with Crippen molar-refractivity contribution in [2.24, 2.45) is 7.05 Å². The van der Waals surface area contributed by atoms with E-state index < -0.39 is 9.84 Å². The van der Waals surface area contributed by atoms with Crippen LogP contribution in [0.15, 0.2) is 64.1 Å². The molecule has 0 saturated carbocycles. The van der Waals surface area contributed by atoms with Gasteiger partial charge in [0, 0.05) is 40.7 Å². The van der Waals surface area contributed by atoms with Gasteiger partial charge in [-0.25, -0.2) is 8.42 Å². The van der Waals surface area contributed by atoms with Gasteiger partial charge in [-0.1, -0.05) is 15.9 Å². The van der Waals surface area contributed by atoms with Crippen molar-refractivity contribution in [3.05, 3.63) is 59.2 Å². The molecule has 0 aliphatic heterocycles. The van der Waals surface area contributed by atoms with Crippen LogP contribution in [0.3, 0.4) is 0 Å². The monoisotopic (exact) mass is 420 g/mol. The van der Waals surface area contributed by atoms with Gasteiger partial charge in [0.05, 0.1) is 10.6 Å². The van der Waals surface area contributed by atoms with Crippen LogP contribution >= 0.6 is 15.9 Å². The van der Waals surface area contributed by atoms with Crippen LogP contribution in [0.25, 0.3) is 10.9 Å². The summed E-state index contributed by atoms with van der Waals surface area (Å²) in [5, 5.41) is 3.77. The van der Waals surface area contributed by atoms with Gasteiger partial charge in [0.15, 0.2) is 9.84 Å². The molecule has 0 atom stereocenters. The maximum Gasteiger partial charge on any atom is 0.225 e. The Labute approximate surface area is 154 Å². The van der Waals surface area contributed by atoms with E-state index in [9.17, 15) is 13.2 Å². The van der Waals surface area contributed by atoms with Gasteiger partial charge in [-0.2, -0.15) is 0 Å². The van der Waals surface area contributed by atoms with E-state index in [1.165, 1.54) is 12.1 Å². The molecule has 0 unspecified atom stereocenters. The van der Waals surface area contributed by atoms with Crippen LogP contribution < -0.4 is 5.32 Å². The lowest BCUT2D eigenvalue weighted by Gasteiger charge is -2.07. The molecule has 3 rings (SSSR count). The minimum absolute atomic E-state index is 0.0920. The molecular weight excluding hydrogens is 404 g/mol. The van der Waals surface area contributed by atoms with Gasteiger partial charge in [-0.15, -0.1) is 0 Å². The quantitative estimate of drug-likeness (QED) is 0.683. The van der Waals surface area contributed by atoms with Gasteiger partial charge in [-0.3, -0.25) is 4.79 Å². The third-order valence-corrected chi connectivity index (χ3v) is 6.20. The number of fused-ring (bicyclic) bond motifs is 1. The third-order valence-electron chi connectivity index (χ3n) is 3.94. The number of aryl methyl sites for hydroxylation is 1. The fourth-order valence-corrected chi connectivity index (χ4v) is 4.07. The second-order valence-corrected chi connectivity index (χ2v) is 8.80. The molecule has 0 radical (unpaired) electrons. The van der Waals surface area contributed by atoms with Gasteiger partial charge in [-0.05, 0) is 48.5 Å². The number of anilines is 1. The van der Waals surface area contributed by atoms with Crippen molar-refractivity contribution in [3.8, 4) is 0 Å². The summed E-state index contributed by atoms with van der Waals surface area (Å²) in [6, 6.07) is 14.0. The number of hydrogen-bond acceptors (Lipinski definition) is 3. The highest BCUT2D eigenvalue weighted by Gasteiger charge is 2.16. The number of benzene rings is 2. The zero-order valence-electron chi connectivity index (χ0n) is 13.6. The first-order valence-corrected chi connectivity index (χ1v) is 10.1. The van der Waals surface area contributed by atoms with Crippen LogP contribution in [-0.4, -0.2) is 24.6 Å². The number of nitrogens with zero attached hydrogens (tertiary/aromatic N) is 1. The van der Waals surface area contributed by atoms with Crippen molar-refractivity contribution in [1.29, 1.82) is 0 Å². The lowest BCUT2D eigenvalue weighted by Crippen LogP contribution is -2.17. The van der Waals surface area contributed by atoms with Crippen molar-refractivity contribution < 1.29 is 13.2 Å². The molecule has 1 N–H and O–H groups in total. The Morgan fingerprint density at radius 2 is 1.84 bits per heavy atom. The van der Waals surface area contributed by atoms with Crippen molar-refractivity contribution in [3.63, 3.8) is 0 Å². The Kier molecular flexibility index (Phi) is 4.96. The van der Waals surface area contributed by atoms with E-state index in [1.54, 1.807) is 12.1 Å². The number of carbonyl (C=O) groups excluding carboxylic acids is 1. The molecule has 0 bridgehead atoms. The number of aromatic nitrogens is 1. The Morgan fingerprint density at radius 3 is 2.56 bits per heavy atom. The van der Waals surface area contributed by atoms with E-state index in [1.807, 2.05) is 42.1 Å². The maximum atomic E-state index is 12.3. The molecule has 0 aliphatic rings. The Hall–Kier alpha value is -2.12. The second kappa shape index (κ2) is 7.01. The molecule has 3 aromatic rings. The smallest absolute Gasteiger partial charge is 0.225 e. The Bertz CT molecular complexity index is 1020. The zero-order valence-corrected chi connectivity index (χ0v) is 16.0. The first-order valence-electron chi connectivity index (χ1n) is 7.68. The number of nitrogens with one attached hydrogen (secondary N) is 1. The normalized spacial score (nSPS) is 11.6. The Balaban J connectivity index is 1.64. The van der Waals surface area contributed by atoms with Crippen molar-refractivity contribution >= 4 is 48.3 Å². The largest absolute Gasteiger partial charge is 0.351 e. The second-order valence-electron chi connectivity index (χ2n) is 5.77. The van der Waals surface area contributed by atoms with Crippen molar-refractivity contribution in [1.82, 2.24) is 4.57 Å². The van der Waals surface area contributed by atoms with Gasteiger partial charge < -0.3 is 9.88 Å². The summed E-state index contributed by atoms with van der Waals surface area (Å²) in [4.78, 5) is 12.3. The minimum Gasteiger partial charge on any atom is -0.351 e. The van der Waals surface area contributed by atoms with E-state index in [4.69, 9.17) is 0 Å². The summed E-state index contributed by atoms with van der Waals surface area (Å²) in [6.45, 7) is 0. The molecule has 0 spiro atoms. The predicted molar refractivity (Wildman–Crippen MR) is 102 cm³/mol. The van der Waals surface area contributed by atoms with Gasteiger partial charge >= 0.3 is 0 Å². The number of sulfone groups is 1. The summed E-state index contributed by atoms with van der Waals surface area (Å²) in [7, 11) is -1.53. The number of carbonyl (C=O) groups is 1. The van der Waals surface area contributed by atoms with Crippen LogP contribution in [0, 0.1) is 0 Å². The SMILES string of the molecule is Cn1ccc2cc(NC(=O)CCS(=O)(=O)c3ccc(Br)cc3)ccc21. The average Bonchev–Trinajstić information content (AvgIpc) is 2.94. The van der Waals surface area contributed by atoms with E-state index in [0.29, 0.717) is 5.69 Å². The van der Waals surface area contributed by atoms with Crippen LogP contribution in [0.2, 0.25) is 0 Å². The van der Waals surface area contributed by atoms with Gasteiger partial charge in [0.25, 0.3) is 0 Å². The van der Waals surface area contributed by atoms with E-state index in [0.717, 1.165) is 15.4 Å². The molecule has 130 valence electrons. The summed E-state index contributed by atoms with van der Waals surface area (Å²) < 4.78 is 27.4. The standard InChI is InChI=1S/C18H17BrN2O3S/c1-21-10-8-13-12-15(4-7-17(13)21)20-18(22)9-11-25(23,24)16-5-2-14(19)3-6-16/h2-8,10,12H,9,11H2,1H3,(H,20,22). The molecular formula is C18H17BrN2O3S. The molecule has 0 aliphatic carbocycles. The summed E-state index contributed by atoms with van der Waals surface area (Å²) in [5.41, 5.74) is 1.72. The number of halogens is 1. The fraction of sp³-hybridized carbons (Fsp3) is 0.167. The topological polar surface area (TPSA) is 68.2 Å². The first-order chi connectivity index (χ1) is 11.8. The number of hydrogen-bond donors (Lipinski definition) is 1. The molecule has 25 heavy (non-hydrogen) atoms. The Morgan fingerprint density at radius 1 is 1.12 bits per heavy atom. The summed E-state index contributed by atoms with van der Waals surface area (Å²) in [5.74, 6) is -0.551. The molecule has 5 nitrogen and oxygen atoms in total. The lowest BCUT2D eigenvalue weighted by atomic mass is 10.2. The van der Waals surface area contributed by atoms with Gasteiger partial charge in [0.1, 0.15) is 0 Å². The number of rotatable bonds is 5. The molecule has 1 aromatic heterocycles. The van der Waals surface area contributed by atoms with Crippen LogP contribution in [-0.2, 0) is 21.7 Å². The highest BCUT2D eigenvalue weighted by Crippen LogP contribution is 2.20. The molecule has 0 saturated heterocycles. The van der Waals surface area contributed by atoms with Crippen molar-refractivity contribution in [2.45, 2.75) is 11.3 Å². The molecule has 1 amide bonds. The molecule has 7 heteroatoms. The molecule has 0 fully saturated rings. The van der Waals surface area contributed by atoms with Crippen molar-refractivity contribution in [2.75, 3.05) is 11.1 Å². The predicted octanol–water partition coefficient (Wildman–Crippen LogP) is 3.74.